The molecular formula is C12H22N2O3. The van der Waals surface area contributed by atoms with Gasteiger partial charge in [0.2, 0.25) is 5.91 Å². The molecule has 0 aromatic rings. The van der Waals surface area contributed by atoms with Crippen molar-refractivity contribution in [3.8, 4) is 0 Å². The second-order valence-electron chi connectivity index (χ2n) is 4.56. The van der Waals surface area contributed by atoms with Crippen LogP contribution in [-0.2, 0) is 9.59 Å². The highest BCUT2D eigenvalue weighted by Crippen LogP contribution is 2.11. The SMILES string of the molecule is CCN1CCN(C(=O)CCCC(=O)O)CC1C. The average Bonchev–Trinajstić information content (AvgIpc) is 2.28. The molecule has 5 heteroatoms. The molecule has 5 nitrogen and oxygen atoms in total. The van der Waals surface area contributed by atoms with Crippen LogP contribution >= 0.6 is 0 Å². The molecule has 0 bridgehead atoms. The average molecular weight is 242 g/mol. The fourth-order valence-corrected chi connectivity index (χ4v) is 2.24. The number of hydrogen-bond donors (Lipinski definition) is 1. The Morgan fingerprint density at radius 2 is 2.00 bits per heavy atom. The van der Waals surface area contributed by atoms with Gasteiger partial charge in [0, 0.05) is 38.5 Å². The van der Waals surface area contributed by atoms with Gasteiger partial charge < -0.3 is 10.0 Å². The maximum Gasteiger partial charge on any atom is 0.303 e. The number of carbonyl (C=O) groups excluding carboxylic acids is 1. The molecular weight excluding hydrogens is 220 g/mol. The Bertz CT molecular complexity index is 281. The van der Waals surface area contributed by atoms with Crippen molar-refractivity contribution in [2.45, 2.75) is 39.2 Å². The fourth-order valence-electron chi connectivity index (χ4n) is 2.24. The van der Waals surface area contributed by atoms with Crippen molar-refractivity contribution in [3.05, 3.63) is 0 Å². The Morgan fingerprint density at radius 3 is 2.53 bits per heavy atom. The van der Waals surface area contributed by atoms with Gasteiger partial charge in [-0.05, 0) is 19.9 Å². The van der Waals surface area contributed by atoms with Gasteiger partial charge in [0.25, 0.3) is 0 Å². The summed E-state index contributed by atoms with van der Waals surface area (Å²) in [6, 6.07) is 0.400. The number of amides is 1. The number of carbonyl (C=O) groups is 2. The predicted octanol–water partition coefficient (Wildman–Crippen LogP) is 0.794. The second-order valence-corrected chi connectivity index (χ2v) is 4.56. The lowest BCUT2D eigenvalue weighted by molar-refractivity contribution is -0.137. The normalized spacial score (nSPS) is 21.5. The van der Waals surface area contributed by atoms with Gasteiger partial charge in [-0.1, -0.05) is 6.92 Å². The van der Waals surface area contributed by atoms with E-state index < -0.39 is 5.97 Å². The molecule has 0 aromatic carbocycles. The lowest BCUT2D eigenvalue weighted by atomic mass is 10.1. The second kappa shape index (κ2) is 6.59. The van der Waals surface area contributed by atoms with Crippen LogP contribution in [0.3, 0.4) is 0 Å². The first kappa shape index (κ1) is 14.0. The van der Waals surface area contributed by atoms with E-state index in [0.29, 0.717) is 18.9 Å². The largest absolute Gasteiger partial charge is 0.481 e. The minimum atomic E-state index is -0.832. The third-order valence-corrected chi connectivity index (χ3v) is 3.31. The van der Waals surface area contributed by atoms with Gasteiger partial charge in [-0.15, -0.1) is 0 Å². The Morgan fingerprint density at radius 1 is 1.29 bits per heavy atom. The first-order chi connectivity index (χ1) is 8.04. The van der Waals surface area contributed by atoms with Gasteiger partial charge in [0.05, 0.1) is 0 Å². The van der Waals surface area contributed by atoms with E-state index in [1.165, 1.54) is 0 Å². The van der Waals surface area contributed by atoms with Crippen molar-refractivity contribution in [3.63, 3.8) is 0 Å². The lowest BCUT2D eigenvalue weighted by Crippen LogP contribution is -2.53. The van der Waals surface area contributed by atoms with Crippen molar-refractivity contribution in [1.82, 2.24) is 9.80 Å². The van der Waals surface area contributed by atoms with Gasteiger partial charge >= 0.3 is 5.97 Å². The van der Waals surface area contributed by atoms with Crippen molar-refractivity contribution in [1.29, 1.82) is 0 Å². The molecule has 98 valence electrons. The lowest BCUT2D eigenvalue weighted by Gasteiger charge is -2.39. The van der Waals surface area contributed by atoms with Crippen LogP contribution in [0.4, 0.5) is 0 Å². The van der Waals surface area contributed by atoms with Gasteiger partial charge in [0.1, 0.15) is 0 Å². The highest BCUT2D eigenvalue weighted by molar-refractivity contribution is 5.77. The predicted molar refractivity (Wildman–Crippen MR) is 64.8 cm³/mol. The molecule has 0 spiro atoms. The summed E-state index contributed by atoms with van der Waals surface area (Å²) in [5, 5.41) is 8.51. The van der Waals surface area contributed by atoms with Crippen LogP contribution < -0.4 is 0 Å². The summed E-state index contributed by atoms with van der Waals surface area (Å²) in [6.07, 6.45) is 0.873. The third-order valence-electron chi connectivity index (χ3n) is 3.31. The Hall–Kier alpha value is -1.10. The maximum absolute atomic E-state index is 11.8. The molecule has 0 saturated carbocycles. The van der Waals surface area contributed by atoms with E-state index >= 15 is 0 Å². The number of rotatable bonds is 5. The third kappa shape index (κ3) is 4.34. The minimum Gasteiger partial charge on any atom is -0.481 e. The summed E-state index contributed by atoms with van der Waals surface area (Å²) in [4.78, 5) is 26.4. The summed E-state index contributed by atoms with van der Waals surface area (Å²) in [6.45, 7) is 7.72. The smallest absolute Gasteiger partial charge is 0.303 e. The Kier molecular flexibility index (Phi) is 5.41. The van der Waals surface area contributed by atoms with Crippen molar-refractivity contribution in [2.24, 2.45) is 0 Å². The van der Waals surface area contributed by atoms with Crippen LogP contribution in [-0.4, -0.2) is 59.0 Å². The van der Waals surface area contributed by atoms with Gasteiger partial charge in [-0.25, -0.2) is 0 Å². The van der Waals surface area contributed by atoms with Crippen molar-refractivity contribution in [2.75, 3.05) is 26.2 Å². The van der Waals surface area contributed by atoms with Crippen LogP contribution in [0.5, 0.6) is 0 Å². The molecule has 0 radical (unpaired) electrons. The minimum absolute atomic E-state index is 0.0796. The summed E-state index contributed by atoms with van der Waals surface area (Å²) in [5.74, 6) is -0.740. The zero-order valence-corrected chi connectivity index (χ0v) is 10.7. The first-order valence-corrected chi connectivity index (χ1v) is 6.28. The zero-order chi connectivity index (χ0) is 12.8. The van der Waals surface area contributed by atoms with E-state index in [0.717, 1.165) is 26.2 Å². The molecule has 1 heterocycles. The van der Waals surface area contributed by atoms with E-state index in [1.54, 1.807) is 0 Å². The Labute approximate surface area is 102 Å². The quantitative estimate of drug-likeness (QED) is 0.774. The number of carboxylic acid groups (broad SMARTS) is 1. The number of aliphatic carboxylic acids is 1. The monoisotopic (exact) mass is 242 g/mol. The number of carboxylic acids is 1. The van der Waals surface area contributed by atoms with Gasteiger partial charge in [-0.3, -0.25) is 14.5 Å². The molecule has 1 rings (SSSR count). The van der Waals surface area contributed by atoms with Crippen molar-refractivity contribution >= 4 is 11.9 Å². The molecule has 0 aromatic heterocycles. The van der Waals surface area contributed by atoms with Crippen LogP contribution in [0.1, 0.15) is 33.1 Å². The summed E-state index contributed by atoms with van der Waals surface area (Å²) >= 11 is 0. The van der Waals surface area contributed by atoms with Gasteiger partial charge in [0.15, 0.2) is 0 Å². The molecule has 1 aliphatic rings. The fraction of sp³-hybridized carbons (Fsp3) is 0.833. The van der Waals surface area contributed by atoms with E-state index in [2.05, 4.69) is 18.7 Å². The van der Waals surface area contributed by atoms with E-state index in [4.69, 9.17) is 5.11 Å². The molecule has 1 saturated heterocycles. The molecule has 1 amide bonds. The number of likely N-dealkylation sites (N-methyl/N-ethyl adjacent to an activating group) is 1. The highest BCUT2D eigenvalue weighted by atomic mass is 16.4. The molecule has 1 fully saturated rings. The zero-order valence-electron chi connectivity index (χ0n) is 10.7. The summed E-state index contributed by atoms with van der Waals surface area (Å²) in [5.41, 5.74) is 0. The number of hydrogen-bond acceptors (Lipinski definition) is 3. The summed E-state index contributed by atoms with van der Waals surface area (Å²) < 4.78 is 0. The van der Waals surface area contributed by atoms with Gasteiger partial charge in [-0.2, -0.15) is 0 Å². The first-order valence-electron chi connectivity index (χ1n) is 6.28. The van der Waals surface area contributed by atoms with Crippen LogP contribution in [0.15, 0.2) is 0 Å². The molecule has 1 aliphatic heterocycles. The topological polar surface area (TPSA) is 60.9 Å². The summed E-state index contributed by atoms with van der Waals surface area (Å²) in [7, 11) is 0. The Balaban J connectivity index is 2.31. The van der Waals surface area contributed by atoms with E-state index in [9.17, 15) is 9.59 Å². The van der Waals surface area contributed by atoms with Crippen LogP contribution in [0, 0.1) is 0 Å². The number of nitrogens with zero attached hydrogens (tertiary/aromatic N) is 2. The maximum atomic E-state index is 11.8. The molecule has 1 N–H and O–H groups in total. The molecule has 0 aliphatic carbocycles. The highest BCUT2D eigenvalue weighted by Gasteiger charge is 2.25. The standard InChI is InChI=1S/C12H22N2O3/c1-3-13-7-8-14(9-10(13)2)11(15)5-4-6-12(16)17/h10H,3-9H2,1-2H3,(H,16,17). The molecule has 1 atom stereocenters. The van der Waals surface area contributed by atoms with Crippen LogP contribution in [0.25, 0.3) is 0 Å². The van der Waals surface area contributed by atoms with Crippen molar-refractivity contribution < 1.29 is 14.7 Å². The van der Waals surface area contributed by atoms with E-state index in [-0.39, 0.29) is 12.3 Å². The van der Waals surface area contributed by atoms with Crippen LogP contribution in [0.2, 0.25) is 0 Å². The molecule has 17 heavy (non-hydrogen) atoms. The number of piperazine rings is 1. The van der Waals surface area contributed by atoms with E-state index in [1.807, 2.05) is 4.90 Å². The molecule has 1 unspecified atom stereocenters.